The average molecular weight is 471 g/mol. The molecular weight excluding hydrogens is 436 g/mol. The molecule has 0 atom stereocenters. The molecule has 4 rings (SSSR count). The minimum Gasteiger partial charge on any atom is -0.341 e. The van der Waals surface area contributed by atoms with Crippen molar-refractivity contribution in [1.82, 2.24) is 24.8 Å². The number of hydrogen-bond donors (Lipinski definition) is 2. The number of likely N-dealkylation sites (N-methyl/N-ethyl adjacent to an activating group) is 2. The van der Waals surface area contributed by atoms with Crippen molar-refractivity contribution in [3.63, 3.8) is 0 Å². The fourth-order valence-corrected chi connectivity index (χ4v) is 4.21. The Morgan fingerprint density at radius 2 is 1.80 bits per heavy atom. The summed E-state index contributed by atoms with van der Waals surface area (Å²) in [5.74, 6) is 0.705. The maximum Gasteiger partial charge on any atom is 0.229 e. The summed E-state index contributed by atoms with van der Waals surface area (Å²) < 4.78 is 2.12. The molecule has 0 aliphatic heterocycles. The van der Waals surface area contributed by atoms with Gasteiger partial charge in [-0.2, -0.15) is 4.98 Å². The minimum absolute atomic E-state index is 0.146. The molecule has 0 radical (unpaired) electrons. The van der Waals surface area contributed by atoms with E-state index in [0.717, 1.165) is 46.8 Å². The smallest absolute Gasteiger partial charge is 0.229 e. The van der Waals surface area contributed by atoms with E-state index in [1.165, 1.54) is 11.1 Å². The molecule has 1 amide bonds. The van der Waals surface area contributed by atoms with Crippen LogP contribution < -0.4 is 10.6 Å². The molecule has 2 N–H and O–H groups in total. The lowest BCUT2D eigenvalue weighted by Crippen LogP contribution is -2.36. The summed E-state index contributed by atoms with van der Waals surface area (Å²) in [5, 5.41) is 7.42. The largest absolute Gasteiger partial charge is 0.341 e. The van der Waals surface area contributed by atoms with E-state index in [1.807, 2.05) is 43.3 Å². The van der Waals surface area contributed by atoms with Crippen LogP contribution in [0.25, 0.3) is 16.7 Å². The van der Waals surface area contributed by atoms with Crippen molar-refractivity contribution in [2.24, 2.45) is 0 Å². The number of carbonyl (C=O) groups is 1. The Balaban J connectivity index is 1.57. The third-order valence-corrected chi connectivity index (χ3v) is 6.40. The first-order chi connectivity index (χ1) is 16.9. The minimum atomic E-state index is 0.146. The van der Waals surface area contributed by atoms with Crippen molar-refractivity contribution in [1.29, 1.82) is 0 Å². The highest BCUT2D eigenvalue weighted by atomic mass is 16.2. The molecule has 4 aromatic rings. The SMILES string of the molecule is CCN(CCNC)C(=O)Cc1ccc(-n2c(C)cc3cnc(Nc4ccc(C)c(C)c4)nc32)cc1. The van der Waals surface area contributed by atoms with Gasteiger partial charge in [0, 0.05) is 48.3 Å². The number of aromatic nitrogens is 3. The van der Waals surface area contributed by atoms with Gasteiger partial charge in [0.05, 0.1) is 6.42 Å². The van der Waals surface area contributed by atoms with Gasteiger partial charge in [-0.15, -0.1) is 0 Å². The number of fused-ring (bicyclic) bond motifs is 1. The van der Waals surface area contributed by atoms with E-state index in [0.29, 0.717) is 18.9 Å². The maximum absolute atomic E-state index is 12.7. The molecule has 0 aliphatic rings. The highest BCUT2D eigenvalue weighted by molar-refractivity contribution is 5.81. The number of carbonyl (C=O) groups excluding carboxylic acids is 1. The predicted molar refractivity (Wildman–Crippen MR) is 143 cm³/mol. The van der Waals surface area contributed by atoms with Crippen LogP contribution in [0.2, 0.25) is 0 Å². The molecule has 35 heavy (non-hydrogen) atoms. The second-order valence-corrected chi connectivity index (χ2v) is 8.94. The summed E-state index contributed by atoms with van der Waals surface area (Å²) >= 11 is 0. The lowest BCUT2D eigenvalue weighted by Gasteiger charge is -2.20. The summed E-state index contributed by atoms with van der Waals surface area (Å²) in [6.45, 7) is 10.5. The van der Waals surface area contributed by atoms with Gasteiger partial charge in [-0.3, -0.25) is 9.36 Å². The molecule has 0 saturated carbocycles. The first kappa shape index (κ1) is 24.4. The molecule has 0 spiro atoms. The molecule has 7 heteroatoms. The Morgan fingerprint density at radius 3 is 2.49 bits per heavy atom. The number of amides is 1. The second-order valence-electron chi connectivity index (χ2n) is 8.94. The van der Waals surface area contributed by atoms with Gasteiger partial charge in [0.25, 0.3) is 0 Å². The Kier molecular flexibility index (Phi) is 7.46. The van der Waals surface area contributed by atoms with Crippen LogP contribution in [0.1, 0.15) is 29.3 Å². The molecule has 0 unspecified atom stereocenters. The standard InChI is InChI=1S/C28H34N6O/c1-6-33(14-13-29-5)26(35)17-22-8-11-25(12-9-22)34-21(4)16-23-18-30-28(32-27(23)34)31-24-10-7-19(2)20(3)15-24/h7-12,15-16,18,29H,6,13-14,17H2,1-5H3,(H,30,31,32). The van der Waals surface area contributed by atoms with Gasteiger partial charge in [0.15, 0.2) is 0 Å². The second kappa shape index (κ2) is 10.7. The molecule has 2 heterocycles. The van der Waals surface area contributed by atoms with Crippen LogP contribution in [0.3, 0.4) is 0 Å². The molecular formula is C28H34N6O. The first-order valence-corrected chi connectivity index (χ1v) is 12.1. The highest BCUT2D eigenvalue weighted by Gasteiger charge is 2.14. The van der Waals surface area contributed by atoms with Crippen LogP contribution in [0, 0.1) is 20.8 Å². The predicted octanol–water partition coefficient (Wildman–Crippen LogP) is 4.70. The third kappa shape index (κ3) is 5.52. The van der Waals surface area contributed by atoms with E-state index >= 15 is 0 Å². The lowest BCUT2D eigenvalue weighted by molar-refractivity contribution is -0.130. The quantitative estimate of drug-likeness (QED) is 0.371. The number of hydrogen-bond acceptors (Lipinski definition) is 5. The molecule has 0 fully saturated rings. The van der Waals surface area contributed by atoms with Crippen LogP contribution >= 0.6 is 0 Å². The van der Waals surface area contributed by atoms with Gasteiger partial charge in [0.1, 0.15) is 5.65 Å². The van der Waals surface area contributed by atoms with Crippen molar-refractivity contribution in [2.75, 3.05) is 32.0 Å². The zero-order chi connectivity index (χ0) is 24.9. The molecule has 0 aliphatic carbocycles. The van der Waals surface area contributed by atoms with Crippen LogP contribution in [0.5, 0.6) is 0 Å². The molecule has 2 aromatic heterocycles. The average Bonchev–Trinajstić information content (AvgIpc) is 3.17. The first-order valence-electron chi connectivity index (χ1n) is 12.1. The number of anilines is 2. The normalized spacial score (nSPS) is 11.1. The Hall–Kier alpha value is -3.71. The third-order valence-electron chi connectivity index (χ3n) is 6.40. The van der Waals surface area contributed by atoms with E-state index in [2.05, 4.69) is 71.3 Å². The summed E-state index contributed by atoms with van der Waals surface area (Å²) in [6.07, 6.45) is 2.25. The number of nitrogens with zero attached hydrogens (tertiary/aromatic N) is 4. The van der Waals surface area contributed by atoms with E-state index in [-0.39, 0.29) is 5.91 Å². The fourth-order valence-electron chi connectivity index (χ4n) is 4.21. The zero-order valence-corrected chi connectivity index (χ0v) is 21.2. The molecule has 0 bridgehead atoms. The van der Waals surface area contributed by atoms with Crippen molar-refractivity contribution < 1.29 is 4.79 Å². The fraction of sp³-hybridized carbons (Fsp3) is 0.321. The van der Waals surface area contributed by atoms with Crippen LogP contribution in [0.4, 0.5) is 11.6 Å². The van der Waals surface area contributed by atoms with E-state index < -0.39 is 0 Å². The summed E-state index contributed by atoms with van der Waals surface area (Å²) in [5.41, 5.74) is 7.36. The Morgan fingerprint density at radius 1 is 1.03 bits per heavy atom. The highest BCUT2D eigenvalue weighted by Crippen LogP contribution is 2.25. The van der Waals surface area contributed by atoms with Gasteiger partial charge in [-0.05, 0) is 81.8 Å². The van der Waals surface area contributed by atoms with Crippen LogP contribution in [-0.4, -0.2) is 52.0 Å². The van der Waals surface area contributed by atoms with Gasteiger partial charge in [-0.25, -0.2) is 4.98 Å². The van der Waals surface area contributed by atoms with Crippen molar-refractivity contribution in [3.8, 4) is 5.69 Å². The number of nitrogens with one attached hydrogen (secondary N) is 2. The monoisotopic (exact) mass is 470 g/mol. The lowest BCUT2D eigenvalue weighted by atomic mass is 10.1. The van der Waals surface area contributed by atoms with Crippen molar-refractivity contribution in [2.45, 2.75) is 34.1 Å². The summed E-state index contributed by atoms with van der Waals surface area (Å²) in [4.78, 5) is 23.9. The van der Waals surface area contributed by atoms with E-state index in [9.17, 15) is 4.79 Å². The van der Waals surface area contributed by atoms with E-state index in [1.54, 1.807) is 0 Å². The molecule has 7 nitrogen and oxygen atoms in total. The molecule has 0 saturated heterocycles. The van der Waals surface area contributed by atoms with Gasteiger partial charge in [-0.1, -0.05) is 18.2 Å². The topological polar surface area (TPSA) is 75.1 Å². The van der Waals surface area contributed by atoms with E-state index in [4.69, 9.17) is 4.98 Å². The van der Waals surface area contributed by atoms with Crippen molar-refractivity contribution >= 4 is 28.6 Å². The zero-order valence-electron chi connectivity index (χ0n) is 21.2. The van der Waals surface area contributed by atoms with Gasteiger partial charge >= 0.3 is 0 Å². The summed E-state index contributed by atoms with van der Waals surface area (Å²) in [7, 11) is 1.90. The van der Waals surface area contributed by atoms with Crippen molar-refractivity contribution in [3.05, 3.63) is 77.1 Å². The number of benzene rings is 2. The number of rotatable bonds is 9. The Bertz CT molecular complexity index is 1330. The van der Waals surface area contributed by atoms with Gasteiger partial charge < -0.3 is 15.5 Å². The maximum atomic E-state index is 12.7. The van der Waals surface area contributed by atoms with Crippen LogP contribution in [0.15, 0.2) is 54.7 Å². The van der Waals surface area contributed by atoms with Crippen LogP contribution in [-0.2, 0) is 11.2 Å². The number of aryl methyl sites for hydroxylation is 3. The molecule has 2 aromatic carbocycles. The Labute approximate surface area is 207 Å². The summed E-state index contributed by atoms with van der Waals surface area (Å²) in [6, 6.07) is 16.5. The molecule has 182 valence electrons. The van der Waals surface area contributed by atoms with Gasteiger partial charge in [0.2, 0.25) is 11.9 Å².